The summed E-state index contributed by atoms with van der Waals surface area (Å²) in [4.78, 5) is 10.7. The van der Waals surface area contributed by atoms with Gasteiger partial charge in [-0.15, -0.1) is 11.3 Å². The zero-order chi connectivity index (χ0) is 13.1. The molecule has 0 saturated carbocycles. The van der Waals surface area contributed by atoms with Crippen LogP contribution in [0.25, 0.3) is 0 Å². The highest BCUT2D eigenvalue weighted by atomic mass is 35.5. The molecule has 0 amide bonds. The Bertz CT molecular complexity index is 566. The van der Waals surface area contributed by atoms with E-state index in [1.165, 1.54) is 11.3 Å². The molecule has 18 heavy (non-hydrogen) atoms. The molecule has 0 unspecified atom stereocenters. The van der Waals surface area contributed by atoms with Gasteiger partial charge in [-0.1, -0.05) is 23.2 Å². The number of aromatic carboxylic acids is 1. The number of benzene rings is 1. The van der Waals surface area contributed by atoms with Gasteiger partial charge in [-0.05, 0) is 30.3 Å². The lowest BCUT2D eigenvalue weighted by Crippen LogP contribution is -2.00. The molecule has 2 N–H and O–H groups in total. The molecule has 1 aromatic carbocycles. The Morgan fingerprint density at radius 3 is 2.44 bits per heavy atom. The van der Waals surface area contributed by atoms with E-state index in [1.54, 1.807) is 24.3 Å². The smallest absolute Gasteiger partial charge is 0.335 e. The average molecular weight is 302 g/mol. The molecule has 0 aliphatic rings. The van der Waals surface area contributed by atoms with Crippen molar-refractivity contribution >= 4 is 46.2 Å². The van der Waals surface area contributed by atoms with Gasteiger partial charge in [0.15, 0.2) is 0 Å². The van der Waals surface area contributed by atoms with Gasteiger partial charge in [0, 0.05) is 17.8 Å². The number of halogens is 2. The van der Waals surface area contributed by atoms with Gasteiger partial charge in [0.25, 0.3) is 0 Å². The van der Waals surface area contributed by atoms with Crippen LogP contribution in [0.2, 0.25) is 8.67 Å². The fraction of sp³-hybridized carbons (Fsp3) is 0.0833. The lowest BCUT2D eigenvalue weighted by atomic mass is 10.2. The summed E-state index contributed by atoms with van der Waals surface area (Å²) in [6.07, 6.45) is 0. The number of hydrogen-bond acceptors (Lipinski definition) is 3. The topological polar surface area (TPSA) is 49.3 Å². The maximum Gasteiger partial charge on any atom is 0.335 e. The lowest BCUT2D eigenvalue weighted by Gasteiger charge is -2.05. The third kappa shape index (κ3) is 3.16. The second-order valence-corrected chi connectivity index (χ2v) is 5.87. The number of carboxylic acids is 1. The van der Waals surface area contributed by atoms with E-state index in [4.69, 9.17) is 28.3 Å². The molecule has 0 aliphatic heterocycles. The first-order valence-electron chi connectivity index (χ1n) is 5.07. The second kappa shape index (κ2) is 5.61. The largest absolute Gasteiger partial charge is 0.478 e. The Kier molecular flexibility index (Phi) is 4.11. The van der Waals surface area contributed by atoms with Crippen molar-refractivity contribution in [3.05, 3.63) is 50.1 Å². The zero-order valence-electron chi connectivity index (χ0n) is 9.11. The highest BCUT2D eigenvalue weighted by Gasteiger charge is 2.06. The Morgan fingerprint density at radius 1 is 1.28 bits per heavy atom. The third-order valence-corrected chi connectivity index (χ3v) is 3.91. The summed E-state index contributed by atoms with van der Waals surface area (Å²) in [5.74, 6) is -0.936. The molecular formula is C12H9Cl2NO2S. The first kappa shape index (κ1) is 13.2. The number of carboxylic acid groups (broad SMARTS) is 1. The van der Waals surface area contributed by atoms with Gasteiger partial charge >= 0.3 is 5.97 Å². The SMILES string of the molecule is O=C(O)c1ccc(NCc2cc(Cl)sc2Cl)cc1. The maximum atomic E-state index is 10.7. The predicted octanol–water partition coefficient (Wildman–Crippen LogP) is 4.37. The second-order valence-electron chi connectivity index (χ2n) is 3.59. The molecule has 0 spiro atoms. The van der Waals surface area contributed by atoms with Crippen LogP contribution in [-0.4, -0.2) is 11.1 Å². The molecule has 0 fully saturated rings. The molecule has 2 aromatic rings. The Morgan fingerprint density at radius 2 is 1.94 bits per heavy atom. The van der Waals surface area contributed by atoms with Gasteiger partial charge in [-0.3, -0.25) is 0 Å². The summed E-state index contributed by atoms with van der Waals surface area (Å²) in [6, 6.07) is 8.34. The van der Waals surface area contributed by atoms with Gasteiger partial charge in [0.1, 0.15) is 0 Å². The fourth-order valence-corrected chi connectivity index (χ4v) is 2.91. The minimum Gasteiger partial charge on any atom is -0.478 e. The fourth-order valence-electron chi connectivity index (χ4n) is 1.42. The Balaban J connectivity index is 2.02. The molecule has 0 radical (unpaired) electrons. The van der Waals surface area contributed by atoms with Crippen LogP contribution in [0.15, 0.2) is 30.3 Å². The van der Waals surface area contributed by atoms with E-state index in [9.17, 15) is 4.79 Å². The van der Waals surface area contributed by atoms with Gasteiger partial charge in [0.05, 0.1) is 14.2 Å². The molecule has 0 bridgehead atoms. The molecule has 1 heterocycles. The van der Waals surface area contributed by atoms with Gasteiger partial charge < -0.3 is 10.4 Å². The Labute approximate surface area is 118 Å². The first-order valence-corrected chi connectivity index (χ1v) is 6.64. The standard InChI is InChI=1S/C12H9Cl2NO2S/c13-10-5-8(11(14)18-10)6-15-9-3-1-7(2-4-9)12(16)17/h1-5,15H,6H2,(H,16,17). The normalized spacial score (nSPS) is 10.3. The molecule has 6 heteroatoms. The summed E-state index contributed by atoms with van der Waals surface area (Å²) >= 11 is 13.2. The highest BCUT2D eigenvalue weighted by molar-refractivity contribution is 7.20. The molecule has 3 nitrogen and oxygen atoms in total. The lowest BCUT2D eigenvalue weighted by molar-refractivity contribution is 0.0697. The Hall–Kier alpha value is -1.23. The van der Waals surface area contributed by atoms with E-state index in [0.29, 0.717) is 15.2 Å². The van der Waals surface area contributed by atoms with Crippen molar-refractivity contribution in [1.82, 2.24) is 0 Å². The minimum absolute atomic E-state index is 0.261. The van der Waals surface area contributed by atoms with Crippen LogP contribution < -0.4 is 5.32 Å². The van der Waals surface area contributed by atoms with E-state index in [2.05, 4.69) is 5.32 Å². The first-order chi connectivity index (χ1) is 8.56. The molecule has 1 aromatic heterocycles. The van der Waals surface area contributed by atoms with Crippen LogP contribution >= 0.6 is 34.5 Å². The number of carbonyl (C=O) groups is 1. The van der Waals surface area contributed by atoms with E-state index >= 15 is 0 Å². The van der Waals surface area contributed by atoms with Crippen molar-refractivity contribution in [2.24, 2.45) is 0 Å². The number of nitrogens with one attached hydrogen (secondary N) is 1. The van der Waals surface area contributed by atoms with Crippen LogP contribution in [0.4, 0.5) is 5.69 Å². The number of hydrogen-bond donors (Lipinski definition) is 2. The maximum absolute atomic E-state index is 10.7. The summed E-state index contributed by atoms with van der Waals surface area (Å²) < 4.78 is 1.31. The summed E-state index contributed by atoms with van der Waals surface area (Å²) in [5, 5.41) is 11.9. The third-order valence-electron chi connectivity index (χ3n) is 2.34. The van der Waals surface area contributed by atoms with Crippen molar-refractivity contribution < 1.29 is 9.90 Å². The quantitative estimate of drug-likeness (QED) is 0.882. The number of anilines is 1. The summed E-state index contributed by atoms with van der Waals surface area (Å²) in [6.45, 7) is 0.550. The molecule has 0 aliphatic carbocycles. The van der Waals surface area contributed by atoms with E-state index in [0.717, 1.165) is 11.3 Å². The van der Waals surface area contributed by atoms with Crippen molar-refractivity contribution in [2.45, 2.75) is 6.54 Å². The highest BCUT2D eigenvalue weighted by Crippen LogP contribution is 2.31. The van der Waals surface area contributed by atoms with Gasteiger partial charge in [-0.25, -0.2) is 4.79 Å². The van der Waals surface area contributed by atoms with Crippen molar-refractivity contribution in [2.75, 3.05) is 5.32 Å². The summed E-state index contributed by atoms with van der Waals surface area (Å²) in [5.41, 5.74) is 2.02. The minimum atomic E-state index is -0.936. The van der Waals surface area contributed by atoms with E-state index in [-0.39, 0.29) is 5.56 Å². The van der Waals surface area contributed by atoms with Crippen LogP contribution in [0.5, 0.6) is 0 Å². The zero-order valence-corrected chi connectivity index (χ0v) is 11.4. The average Bonchev–Trinajstić information content (AvgIpc) is 2.66. The molecule has 0 atom stereocenters. The predicted molar refractivity (Wildman–Crippen MR) is 75.1 cm³/mol. The van der Waals surface area contributed by atoms with Gasteiger partial charge in [-0.2, -0.15) is 0 Å². The van der Waals surface area contributed by atoms with Gasteiger partial charge in [0.2, 0.25) is 0 Å². The van der Waals surface area contributed by atoms with Crippen LogP contribution in [0, 0.1) is 0 Å². The van der Waals surface area contributed by atoms with E-state index < -0.39 is 5.97 Å². The molecule has 2 rings (SSSR count). The number of rotatable bonds is 4. The monoisotopic (exact) mass is 301 g/mol. The number of thiophene rings is 1. The van der Waals surface area contributed by atoms with Crippen LogP contribution in [0.1, 0.15) is 15.9 Å². The van der Waals surface area contributed by atoms with Crippen molar-refractivity contribution in [3.8, 4) is 0 Å². The van der Waals surface area contributed by atoms with Crippen LogP contribution in [-0.2, 0) is 6.54 Å². The van der Waals surface area contributed by atoms with Crippen molar-refractivity contribution in [1.29, 1.82) is 0 Å². The van der Waals surface area contributed by atoms with E-state index in [1.807, 2.05) is 6.07 Å². The van der Waals surface area contributed by atoms with Crippen LogP contribution in [0.3, 0.4) is 0 Å². The molecular weight excluding hydrogens is 293 g/mol. The van der Waals surface area contributed by atoms with Crippen molar-refractivity contribution in [3.63, 3.8) is 0 Å². The molecule has 94 valence electrons. The summed E-state index contributed by atoms with van der Waals surface area (Å²) in [7, 11) is 0. The molecule has 0 saturated heterocycles.